The Morgan fingerprint density at radius 2 is 2.08 bits per heavy atom. The van der Waals surface area contributed by atoms with E-state index in [1.807, 2.05) is 29.1 Å². The van der Waals surface area contributed by atoms with Crippen molar-refractivity contribution in [3.05, 3.63) is 48.3 Å². The van der Waals surface area contributed by atoms with Gasteiger partial charge in [0.25, 0.3) is 5.91 Å². The first-order valence-corrected chi connectivity index (χ1v) is 8.11. The number of amides is 2. The number of aromatic nitrogens is 2. The van der Waals surface area contributed by atoms with Crippen molar-refractivity contribution in [1.29, 1.82) is 0 Å². The van der Waals surface area contributed by atoms with Gasteiger partial charge in [-0.15, -0.1) is 0 Å². The minimum absolute atomic E-state index is 0.0917. The summed E-state index contributed by atoms with van der Waals surface area (Å²) in [4.78, 5) is 24.0. The number of para-hydroxylation sites is 1. The number of carbonyl (C=O) groups excluding carboxylic acids is 2. The van der Waals surface area contributed by atoms with Crippen molar-refractivity contribution in [2.75, 3.05) is 25.0 Å². The number of hydrogen-bond acceptors (Lipinski definition) is 4. The van der Waals surface area contributed by atoms with E-state index < -0.39 is 0 Å². The van der Waals surface area contributed by atoms with E-state index in [0.29, 0.717) is 11.4 Å². The normalized spacial score (nSPS) is 17.2. The molecule has 2 amide bonds. The van der Waals surface area contributed by atoms with Gasteiger partial charge in [-0.3, -0.25) is 14.3 Å². The molecule has 3 N–H and O–H groups in total. The summed E-state index contributed by atoms with van der Waals surface area (Å²) in [6.45, 7) is 1.80. The van der Waals surface area contributed by atoms with E-state index >= 15 is 0 Å². The molecule has 2 aromatic rings. The molecular weight excluding hydrogens is 306 g/mol. The van der Waals surface area contributed by atoms with E-state index in [0.717, 1.165) is 25.9 Å². The second-order valence-corrected chi connectivity index (χ2v) is 5.78. The molecule has 2 heterocycles. The van der Waals surface area contributed by atoms with Gasteiger partial charge < -0.3 is 16.0 Å². The molecule has 3 rings (SSSR count). The Morgan fingerprint density at radius 1 is 1.25 bits per heavy atom. The molecule has 7 nitrogen and oxygen atoms in total. The summed E-state index contributed by atoms with van der Waals surface area (Å²) in [5.74, 6) is -0.619. The minimum atomic E-state index is -0.347. The van der Waals surface area contributed by atoms with Crippen molar-refractivity contribution in [1.82, 2.24) is 20.4 Å². The van der Waals surface area contributed by atoms with Gasteiger partial charge in [-0.05, 0) is 37.6 Å². The van der Waals surface area contributed by atoms with Crippen LogP contribution >= 0.6 is 0 Å². The molecule has 1 atom stereocenters. The van der Waals surface area contributed by atoms with Gasteiger partial charge in [-0.25, -0.2) is 0 Å². The fourth-order valence-electron chi connectivity index (χ4n) is 2.70. The van der Waals surface area contributed by atoms with Crippen LogP contribution in [0.25, 0.3) is 0 Å². The highest BCUT2D eigenvalue weighted by Gasteiger charge is 2.18. The summed E-state index contributed by atoms with van der Waals surface area (Å²) >= 11 is 0. The van der Waals surface area contributed by atoms with Gasteiger partial charge in [-0.2, -0.15) is 5.10 Å². The van der Waals surface area contributed by atoms with E-state index in [2.05, 4.69) is 21.0 Å². The quantitative estimate of drug-likeness (QED) is 0.769. The lowest BCUT2D eigenvalue weighted by molar-refractivity contribution is -0.115. The largest absolute Gasteiger partial charge is 0.342 e. The third kappa shape index (κ3) is 4.20. The zero-order chi connectivity index (χ0) is 16.8. The molecule has 1 saturated heterocycles. The molecule has 1 aliphatic heterocycles. The monoisotopic (exact) mass is 327 g/mol. The number of benzene rings is 1. The summed E-state index contributed by atoms with van der Waals surface area (Å²) in [5, 5.41) is 13.0. The van der Waals surface area contributed by atoms with Crippen molar-refractivity contribution in [3.8, 4) is 0 Å². The van der Waals surface area contributed by atoms with E-state index in [1.165, 1.54) is 0 Å². The molecular formula is C17H21N5O2. The Morgan fingerprint density at radius 3 is 2.83 bits per heavy atom. The summed E-state index contributed by atoms with van der Waals surface area (Å²) in [5.41, 5.74) is 1.03. The maximum absolute atomic E-state index is 12.1. The van der Waals surface area contributed by atoms with E-state index in [9.17, 15) is 9.59 Å². The number of carbonyl (C=O) groups is 2. The van der Waals surface area contributed by atoms with Crippen molar-refractivity contribution in [3.63, 3.8) is 0 Å². The summed E-state index contributed by atoms with van der Waals surface area (Å²) in [6.07, 6.45) is 3.97. The second kappa shape index (κ2) is 7.74. The van der Waals surface area contributed by atoms with Gasteiger partial charge >= 0.3 is 0 Å². The number of rotatable bonds is 5. The van der Waals surface area contributed by atoms with Crippen LogP contribution in [-0.2, 0) is 4.79 Å². The first-order valence-electron chi connectivity index (χ1n) is 8.11. The lowest BCUT2D eigenvalue weighted by Gasteiger charge is -2.22. The third-order valence-electron chi connectivity index (χ3n) is 3.95. The predicted molar refractivity (Wildman–Crippen MR) is 90.8 cm³/mol. The first kappa shape index (κ1) is 16.2. The van der Waals surface area contributed by atoms with Crippen molar-refractivity contribution in [2.24, 2.45) is 0 Å². The van der Waals surface area contributed by atoms with Crippen LogP contribution < -0.4 is 16.0 Å². The van der Waals surface area contributed by atoms with Crippen molar-refractivity contribution < 1.29 is 9.59 Å². The highest BCUT2D eigenvalue weighted by atomic mass is 16.2. The molecule has 0 aliphatic carbocycles. The summed E-state index contributed by atoms with van der Waals surface area (Å²) in [6, 6.07) is 11.1. The molecule has 0 saturated carbocycles. The van der Waals surface area contributed by atoms with Crippen LogP contribution in [0.5, 0.6) is 0 Å². The molecule has 126 valence electrons. The molecule has 0 bridgehead atoms. The second-order valence-electron chi connectivity index (χ2n) is 5.78. The summed E-state index contributed by atoms with van der Waals surface area (Å²) in [7, 11) is 0. The standard InChI is InChI=1S/C17H21N5O2/c23-16(20-13-5-2-1-3-6-13)12-19-17(24)15-8-10-22(21-15)14-7-4-9-18-11-14/h1-3,5-6,8,10,14,18H,4,7,9,11-12H2,(H,19,24)(H,20,23). The van der Waals surface area contributed by atoms with Crippen LogP contribution in [0.4, 0.5) is 5.69 Å². The number of hydrogen-bond donors (Lipinski definition) is 3. The predicted octanol–water partition coefficient (Wildman–Crippen LogP) is 1.18. The zero-order valence-electron chi connectivity index (χ0n) is 13.4. The molecule has 24 heavy (non-hydrogen) atoms. The number of nitrogens with zero attached hydrogens (tertiary/aromatic N) is 2. The van der Waals surface area contributed by atoms with Gasteiger partial charge in [0.05, 0.1) is 12.6 Å². The average molecular weight is 327 g/mol. The Kier molecular flexibility index (Phi) is 5.22. The lowest BCUT2D eigenvalue weighted by Crippen LogP contribution is -2.34. The van der Waals surface area contributed by atoms with Gasteiger partial charge in [0.1, 0.15) is 5.69 Å². The topological polar surface area (TPSA) is 88.1 Å². The van der Waals surface area contributed by atoms with E-state index in [1.54, 1.807) is 18.2 Å². The van der Waals surface area contributed by atoms with Gasteiger partial charge in [0, 0.05) is 18.4 Å². The smallest absolute Gasteiger partial charge is 0.272 e. The van der Waals surface area contributed by atoms with Gasteiger partial charge in [0.15, 0.2) is 0 Å². The van der Waals surface area contributed by atoms with Crippen LogP contribution in [0.3, 0.4) is 0 Å². The zero-order valence-corrected chi connectivity index (χ0v) is 13.4. The van der Waals surface area contributed by atoms with Crippen molar-refractivity contribution in [2.45, 2.75) is 18.9 Å². The highest BCUT2D eigenvalue weighted by Crippen LogP contribution is 2.15. The summed E-state index contributed by atoms with van der Waals surface area (Å²) < 4.78 is 1.82. The Bertz CT molecular complexity index is 692. The average Bonchev–Trinajstić information content (AvgIpc) is 3.11. The maximum atomic E-state index is 12.1. The van der Waals surface area contributed by atoms with Crippen LogP contribution in [0, 0.1) is 0 Å². The molecule has 0 radical (unpaired) electrons. The van der Waals surface area contributed by atoms with Crippen molar-refractivity contribution >= 4 is 17.5 Å². The molecule has 1 fully saturated rings. The van der Waals surface area contributed by atoms with Gasteiger partial charge in [-0.1, -0.05) is 18.2 Å². The highest BCUT2D eigenvalue weighted by molar-refractivity contribution is 5.98. The van der Waals surface area contributed by atoms with E-state index in [-0.39, 0.29) is 24.4 Å². The maximum Gasteiger partial charge on any atom is 0.272 e. The lowest BCUT2D eigenvalue weighted by atomic mass is 10.1. The van der Waals surface area contributed by atoms with E-state index in [4.69, 9.17) is 0 Å². The Hall–Kier alpha value is -2.67. The molecule has 1 aromatic heterocycles. The molecule has 0 spiro atoms. The first-order chi connectivity index (χ1) is 11.7. The van der Waals surface area contributed by atoms with Crippen LogP contribution in [0.15, 0.2) is 42.6 Å². The fourth-order valence-corrected chi connectivity index (χ4v) is 2.70. The Balaban J connectivity index is 1.50. The van der Waals surface area contributed by atoms with Gasteiger partial charge in [0.2, 0.25) is 5.91 Å². The fraction of sp³-hybridized carbons (Fsp3) is 0.353. The number of anilines is 1. The van der Waals surface area contributed by atoms with Crippen LogP contribution in [-0.4, -0.2) is 41.2 Å². The molecule has 7 heteroatoms. The SMILES string of the molecule is O=C(CNC(=O)c1ccn(C2CCCNC2)n1)Nc1ccccc1. The number of nitrogens with one attached hydrogen (secondary N) is 3. The Labute approximate surface area is 140 Å². The molecule has 1 aliphatic rings. The van der Waals surface area contributed by atoms with Crippen LogP contribution in [0.2, 0.25) is 0 Å². The van der Waals surface area contributed by atoms with Crippen LogP contribution in [0.1, 0.15) is 29.4 Å². The third-order valence-corrected chi connectivity index (χ3v) is 3.95. The molecule has 1 unspecified atom stereocenters. The molecule has 1 aromatic carbocycles. The minimum Gasteiger partial charge on any atom is -0.342 e. The number of piperidine rings is 1.